The lowest BCUT2D eigenvalue weighted by Crippen LogP contribution is -2.52. The van der Waals surface area contributed by atoms with Crippen LogP contribution in [0.15, 0.2) is 0 Å². The van der Waals surface area contributed by atoms with Gasteiger partial charge in [-0.2, -0.15) is 17.0 Å². The van der Waals surface area contributed by atoms with E-state index in [1.54, 1.807) is 0 Å². The molecule has 0 aromatic carbocycles. The molecule has 108 valence electrons. The van der Waals surface area contributed by atoms with Crippen LogP contribution in [0.2, 0.25) is 0 Å². The summed E-state index contributed by atoms with van der Waals surface area (Å²) in [7, 11) is -3.23. The molecule has 4 atom stereocenters. The van der Waals surface area contributed by atoms with E-state index in [1.165, 1.54) is 6.42 Å². The first-order valence-corrected chi connectivity index (χ1v) is 9.07. The molecule has 4 fully saturated rings. The maximum Gasteiger partial charge on any atom is 0.282 e. The van der Waals surface area contributed by atoms with Crippen molar-refractivity contribution in [2.75, 3.05) is 19.6 Å². The average molecular weight is 285 g/mol. The fraction of sp³-hybridized carbons (Fsp3) is 1.00. The minimum atomic E-state index is -3.23. The van der Waals surface area contributed by atoms with Crippen LogP contribution in [0.4, 0.5) is 0 Å². The summed E-state index contributed by atoms with van der Waals surface area (Å²) in [5, 5.41) is 3.38. The molecule has 3 heterocycles. The van der Waals surface area contributed by atoms with Gasteiger partial charge in [-0.25, -0.2) is 0 Å². The van der Waals surface area contributed by atoms with Crippen molar-refractivity contribution in [3.63, 3.8) is 0 Å². The van der Waals surface area contributed by atoms with Crippen LogP contribution < -0.4 is 5.32 Å². The van der Waals surface area contributed by atoms with Crippen LogP contribution in [0, 0.1) is 5.92 Å². The van der Waals surface area contributed by atoms with Crippen molar-refractivity contribution < 1.29 is 8.42 Å². The number of hydrogen-bond acceptors (Lipinski definition) is 3. The normalized spacial score (nSPS) is 43.8. The molecule has 5 nitrogen and oxygen atoms in total. The molecular formula is C13H23N3O2S. The molecule has 1 aliphatic carbocycles. The molecule has 6 heteroatoms. The fourth-order valence-electron chi connectivity index (χ4n) is 4.60. The Labute approximate surface area is 115 Å². The van der Waals surface area contributed by atoms with E-state index in [0.29, 0.717) is 12.0 Å². The largest absolute Gasteiger partial charge is 0.315 e. The van der Waals surface area contributed by atoms with E-state index in [-0.39, 0.29) is 12.1 Å². The summed E-state index contributed by atoms with van der Waals surface area (Å²) in [6.45, 7) is 2.56. The zero-order valence-electron chi connectivity index (χ0n) is 11.3. The van der Waals surface area contributed by atoms with Gasteiger partial charge in [-0.05, 0) is 51.0 Å². The summed E-state index contributed by atoms with van der Waals surface area (Å²) >= 11 is 0. The van der Waals surface area contributed by atoms with Crippen molar-refractivity contribution in [1.29, 1.82) is 0 Å². The van der Waals surface area contributed by atoms with E-state index in [1.807, 2.05) is 8.61 Å². The van der Waals surface area contributed by atoms with Gasteiger partial charge < -0.3 is 5.32 Å². The quantitative estimate of drug-likeness (QED) is 0.806. The smallest absolute Gasteiger partial charge is 0.282 e. The second-order valence-corrected chi connectivity index (χ2v) is 8.40. The number of fused-ring (bicyclic) bond motifs is 4. The van der Waals surface area contributed by atoms with Gasteiger partial charge in [-0.1, -0.05) is 0 Å². The van der Waals surface area contributed by atoms with Gasteiger partial charge in [0.05, 0.1) is 0 Å². The molecule has 4 rings (SSSR count). The molecule has 0 aromatic heterocycles. The highest BCUT2D eigenvalue weighted by Crippen LogP contribution is 2.42. The SMILES string of the molecule is O=S(=O)(N1CC2CCC1C2)N1C2CCNCC1CC2. The summed E-state index contributed by atoms with van der Waals surface area (Å²) in [6, 6.07) is 0.728. The maximum absolute atomic E-state index is 13.0. The number of hydrogen-bond donors (Lipinski definition) is 1. The lowest BCUT2D eigenvalue weighted by Gasteiger charge is -2.35. The van der Waals surface area contributed by atoms with Crippen LogP contribution in [0.1, 0.15) is 38.5 Å². The van der Waals surface area contributed by atoms with Crippen molar-refractivity contribution in [2.45, 2.75) is 56.7 Å². The summed E-state index contributed by atoms with van der Waals surface area (Å²) in [4.78, 5) is 0. The van der Waals surface area contributed by atoms with Gasteiger partial charge in [0.25, 0.3) is 10.2 Å². The first-order chi connectivity index (χ1) is 9.16. The Hall–Kier alpha value is -0.170. The van der Waals surface area contributed by atoms with E-state index >= 15 is 0 Å². The minimum absolute atomic E-state index is 0.191. The van der Waals surface area contributed by atoms with Crippen molar-refractivity contribution in [2.24, 2.45) is 5.92 Å². The monoisotopic (exact) mass is 285 g/mol. The maximum atomic E-state index is 13.0. The van der Waals surface area contributed by atoms with Crippen molar-refractivity contribution in [3.8, 4) is 0 Å². The number of nitrogens with one attached hydrogen (secondary N) is 1. The lowest BCUT2D eigenvalue weighted by molar-refractivity contribution is 0.264. The van der Waals surface area contributed by atoms with Crippen LogP contribution in [-0.4, -0.2) is 54.8 Å². The third-order valence-electron chi connectivity index (χ3n) is 5.51. The predicted octanol–water partition coefficient (Wildman–Crippen LogP) is 0.542. The molecule has 19 heavy (non-hydrogen) atoms. The zero-order chi connectivity index (χ0) is 13.0. The summed E-state index contributed by atoms with van der Waals surface area (Å²) in [6.07, 6.45) is 6.45. The van der Waals surface area contributed by atoms with Crippen LogP contribution in [0.25, 0.3) is 0 Å². The minimum Gasteiger partial charge on any atom is -0.315 e. The molecule has 1 N–H and O–H groups in total. The van der Waals surface area contributed by atoms with Gasteiger partial charge in [-0.3, -0.25) is 0 Å². The molecule has 3 saturated heterocycles. The Morgan fingerprint density at radius 1 is 0.947 bits per heavy atom. The van der Waals surface area contributed by atoms with E-state index in [4.69, 9.17) is 0 Å². The van der Waals surface area contributed by atoms with Gasteiger partial charge >= 0.3 is 0 Å². The highest BCUT2D eigenvalue weighted by Gasteiger charge is 2.50. The van der Waals surface area contributed by atoms with Gasteiger partial charge in [0.2, 0.25) is 0 Å². The highest BCUT2D eigenvalue weighted by atomic mass is 32.2. The van der Waals surface area contributed by atoms with Crippen molar-refractivity contribution in [3.05, 3.63) is 0 Å². The number of nitrogens with zero attached hydrogens (tertiary/aromatic N) is 2. The fourth-order valence-corrected chi connectivity index (χ4v) is 6.95. The first-order valence-electron chi connectivity index (χ1n) is 7.67. The third-order valence-corrected chi connectivity index (χ3v) is 7.68. The van der Waals surface area contributed by atoms with Gasteiger partial charge in [0.1, 0.15) is 0 Å². The van der Waals surface area contributed by atoms with E-state index in [2.05, 4.69) is 5.32 Å². The Morgan fingerprint density at radius 3 is 2.47 bits per heavy atom. The summed E-state index contributed by atoms with van der Waals surface area (Å²) < 4.78 is 29.7. The Balaban J connectivity index is 1.63. The topological polar surface area (TPSA) is 52.7 Å². The van der Waals surface area contributed by atoms with Crippen molar-refractivity contribution >= 4 is 10.2 Å². The zero-order valence-corrected chi connectivity index (χ0v) is 12.1. The van der Waals surface area contributed by atoms with E-state index in [0.717, 1.165) is 51.7 Å². The Bertz CT molecular complexity index is 453. The molecule has 0 spiro atoms. The standard InChI is InChI=1S/C13H23N3O2S/c17-19(18,15-9-10-1-2-12(15)7-10)16-11-3-4-13(16)8-14-6-5-11/h10-14H,1-9H2. The van der Waals surface area contributed by atoms with Crippen LogP contribution in [-0.2, 0) is 10.2 Å². The molecule has 1 saturated carbocycles. The van der Waals surface area contributed by atoms with Crippen LogP contribution in [0.3, 0.4) is 0 Å². The van der Waals surface area contributed by atoms with E-state index < -0.39 is 10.2 Å². The molecule has 0 aromatic rings. The van der Waals surface area contributed by atoms with E-state index in [9.17, 15) is 8.42 Å². The third kappa shape index (κ3) is 1.87. The number of piperidine rings is 1. The average Bonchev–Trinajstić information content (AvgIpc) is 3.02. The second kappa shape index (κ2) is 4.41. The number of rotatable bonds is 2. The van der Waals surface area contributed by atoms with Crippen LogP contribution >= 0.6 is 0 Å². The summed E-state index contributed by atoms with van der Waals surface area (Å²) in [5.41, 5.74) is 0. The molecule has 4 unspecified atom stereocenters. The van der Waals surface area contributed by atoms with Gasteiger partial charge in [0, 0.05) is 31.2 Å². The Morgan fingerprint density at radius 2 is 1.74 bits per heavy atom. The molecule has 0 amide bonds. The van der Waals surface area contributed by atoms with Crippen molar-refractivity contribution in [1.82, 2.24) is 13.9 Å². The Kier molecular flexibility index (Phi) is 2.92. The lowest BCUT2D eigenvalue weighted by atomic mass is 10.1. The molecule has 4 bridgehead atoms. The van der Waals surface area contributed by atoms with Crippen LogP contribution in [0.5, 0.6) is 0 Å². The summed E-state index contributed by atoms with van der Waals surface area (Å²) in [5.74, 6) is 0.627. The highest BCUT2D eigenvalue weighted by molar-refractivity contribution is 7.86. The molecule has 3 aliphatic heterocycles. The van der Waals surface area contributed by atoms with Gasteiger partial charge in [-0.15, -0.1) is 0 Å². The van der Waals surface area contributed by atoms with Gasteiger partial charge in [0.15, 0.2) is 0 Å². The molecule has 4 aliphatic rings. The first kappa shape index (κ1) is 12.6. The molecular weight excluding hydrogens is 262 g/mol. The second-order valence-electron chi connectivity index (χ2n) is 6.62. The molecule has 0 radical (unpaired) electrons. The predicted molar refractivity (Wildman–Crippen MR) is 72.9 cm³/mol.